The molecule has 1 aliphatic rings. The second-order valence-corrected chi connectivity index (χ2v) is 5.15. The van der Waals surface area contributed by atoms with E-state index in [1.54, 1.807) is 13.0 Å². The third-order valence-corrected chi connectivity index (χ3v) is 3.72. The molecule has 2 rings (SSSR count). The molecule has 0 spiro atoms. The summed E-state index contributed by atoms with van der Waals surface area (Å²) in [4.78, 5) is 22.6. The Hall–Kier alpha value is -1.99. The van der Waals surface area contributed by atoms with Gasteiger partial charge in [-0.05, 0) is 25.8 Å². The van der Waals surface area contributed by atoms with Gasteiger partial charge in [0.15, 0.2) is 0 Å². The van der Waals surface area contributed by atoms with Crippen LogP contribution in [0.3, 0.4) is 0 Å². The van der Waals surface area contributed by atoms with E-state index < -0.39 is 4.92 Å². The number of nitrogens with zero attached hydrogens (tertiary/aromatic N) is 1. The number of amides is 1. The number of aryl methyl sites for hydroxylation is 1. The van der Waals surface area contributed by atoms with E-state index in [9.17, 15) is 14.9 Å². The van der Waals surface area contributed by atoms with Gasteiger partial charge in [0.1, 0.15) is 0 Å². The average Bonchev–Trinajstić information content (AvgIpc) is 2.44. The smallest absolute Gasteiger partial charge is 0.270 e. The van der Waals surface area contributed by atoms with Gasteiger partial charge >= 0.3 is 0 Å². The molecule has 21 heavy (non-hydrogen) atoms. The van der Waals surface area contributed by atoms with Gasteiger partial charge < -0.3 is 15.8 Å². The van der Waals surface area contributed by atoms with Gasteiger partial charge in [-0.25, -0.2) is 0 Å². The second kappa shape index (κ2) is 6.19. The van der Waals surface area contributed by atoms with Crippen molar-refractivity contribution in [3.05, 3.63) is 39.4 Å². The van der Waals surface area contributed by atoms with Crippen LogP contribution in [0.25, 0.3) is 0 Å². The first-order chi connectivity index (χ1) is 9.93. The Balaban J connectivity index is 2.13. The van der Waals surface area contributed by atoms with Gasteiger partial charge in [0.2, 0.25) is 0 Å². The predicted molar refractivity (Wildman–Crippen MR) is 77.1 cm³/mol. The lowest BCUT2D eigenvalue weighted by atomic mass is 9.83. The maximum absolute atomic E-state index is 12.3. The molecule has 0 aliphatic heterocycles. The Kier molecular flexibility index (Phi) is 4.54. The highest BCUT2D eigenvalue weighted by atomic mass is 16.6. The maximum Gasteiger partial charge on any atom is 0.270 e. The summed E-state index contributed by atoms with van der Waals surface area (Å²) < 4.78 is 5.49. The van der Waals surface area contributed by atoms with E-state index in [1.165, 1.54) is 12.1 Å². The van der Waals surface area contributed by atoms with Gasteiger partial charge in [0.05, 0.1) is 17.1 Å². The molecule has 114 valence electrons. The van der Waals surface area contributed by atoms with Crippen LogP contribution in [-0.4, -0.2) is 35.6 Å². The number of ether oxygens (including phenoxy) is 1. The van der Waals surface area contributed by atoms with Crippen LogP contribution in [0.4, 0.5) is 5.69 Å². The van der Waals surface area contributed by atoms with Crippen LogP contribution in [0.1, 0.15) is 29.3 Å². The first-order valence-electron chi connectivity index (χ1n) is 6.87. The summed E-state index contributed by atoms with van der Waals surface area (Å²) in [5, 5.41) is 13.6. The van der Waals surface area contributed by atoms with Crippen molar-refractivity contribution in [2.24, 2.45) is 5.73 Å². The lowest BCUT2D eigenvalue weighted by Crippen LogP contribution is -2.64. The number of nitrogens with two attached hydrogens (primary N) is 1. The SMILES string of the molecule is CCOC1CC(N)C1NC(=O)c1cc([N+](=O)[O-])ccc1C. The fourth-order valence-electron chi connectivity index (χ4n) is 2.42. The van der Waals surface area contributed by atoms with Crippen LogP contribution in [0.5, 0.6) is 0 Å². The van der Waals surface area contributed by atoms with Crippen LogP contribution in [0.2, 0.25) is 0 Å². The van der Waals surface area contributed by atoms with Gasteiger partial charge in [0, 0.05) is 30.3 Å². The van der Waals surface area contributed by atoms with E-state index in [1.807, 2.05) is 6.92 Å². The van der Waals surface area contributed by atoms with Gasteiger partial charge in [-0.2, -0.15) is 0 Å². The van der Waals surface area contributed by atoms with Crippen LogP contribution >= 0.6 is 0 Å². The molecule has 3 N–H and O–H groups in total. The molecule has 1 saturated carbocycles. The number of benzene rings is 1. The topological polar surface area (TPSA) is 107 Å². The first-order valence-corrected chi connectivity index (χ1v) is 6.87. The summed E-state index contributed by atoms with van der Waals surface area (Å²) in [7, 11) is 0. The van der Waals surface area contributed by atoms with Crippen molar-refractivity contribution in [2.45, 2.75) is 38.5 Å². The van der Waals surface area contributed by atoms with E-state index in [4.69, 9.17) is 10.5 Å². The number of hydrogen-bond donors (Lipinski definition) is 2. The number of rotatable bonds is 5. The Morgan fingerprint density at radius 3 is 2.86 bits per heavy atom. The molecule has 0 radical (unpaired) electrons. The molecule has 0 saturated heterocycles. The number of carbonyl (C=O) groups is 1. The summed E-state index contributed by atoms with van der Waals surface area (Å²) >= 11 is 0. The third-order valence-electron chi connectivity index (χ3n) is 3.72. The van der Waals surface area contributed by atoms with E-state index in [0.717, 1.165) is 0 Å². The first kappa shape index (κ1) is 15.4. The molecule has 0 heterocycles. The molecule has 1 fully saturated rings. The minimum atomic E-state index is -0.520. The lowest BCUT2D eigenvalue weighted by Gasteiger charge is -2.42. The molecular formula is C14H19N3O4. The standard InChI is InChI=1S/C14H19N3O4/c1-3-21-12-7-11(15)13(12)16-14(18)10-6-9(17(19)20)5-4-8(10)2/h4-6,11-13H,3,7,15H2,1-2H3,(H,16,18). The number of nitro benzene ring substituents is 1. The van der Waals surface area contributed by atoms with Crippen molar-refractivity contribution >= 4 is 11.6 Å². The molecule has 7 heteroatoms. The van der Waals surface area contributed by atoms with Crippen molar-refractivity contribution < 1.29 is 14.5 Å². The molecule has 1 aliphatic carbocycles. The highest BCUT2D eigenvalue weighted by molar-refractivity contribution is 5.96. The van der Waals surface area contributed by atoms with Crippen molar-refractivity contribution in [2.75, 3.05) is 6.61 Å². The van der Waals surface area contributed by atoms with Crippen LogP contribution < -0.4 is 11.1 Å². The number of hydrogen-bond acceptors (Lipinski definition) is 5. The minimum absolute atomic E-state index is 0.0899. The fourth-order valence-corrected chi connectivity index (χ4v) is 2.42. The molecule has 7 nitrogen and oxygen atoms in total. The number of non-ortho nitro benzene ring substituents is 1. The molecule has 0 aromatic heterocycles. The average molecular weight is 293 g/mol. The van der Waals surface area contributed by atoms with Crippen molar-refractivity contribution in [1.82, 2.24) is 5.32 Å². The van der Waals surface area contributed by atoms with Gasteiger partial charge in [-0.3, -0.25) is 14.9 Å². The van der Waals surface area contributed by atoms with Gasteiger partial charge in [0.25, 0.3) is 11.6 Å². The minimum Gasteiger partial charge on any atom is -0.376 e. The lowest BCUT2D eigenvalue weighted by molar-refractivity contribution is -0.384. The highest BCUT2D eigenvalue weighted by Gasteiger charge is 2.40. The van der Waals surface area contributed by atoms with E-state index in [2.05, 4.69) is 5.32 Å². The normalized spacial score (nSPS) is 24.2. The maximum atomic E-state index is 12.3. The Labute approximate surface area is 122 Å². The van der Waals surface area contributed by atoms with E-state index in [0.29, 0.717) is 24.2 Å². The zero-order chi connectivity index (χ0) is 15.6. The molecule has 3 unspecified atom stereocenters. The zero-order valence-electron chi connectivity index (χ0n) is 12.0. The van der Waals surface area contributed by atoms with Gasteiger partial charge in [-0.1, -0.05) is 6.07 Å². The monoisotopic (exact) mass is 293 g/mol. The number of nitro groups is 1. The molecule has 1 aromatic carbocycles. The van der Waals surface area contributed by atoms with Crippen molar-refractivity contribution in [1.29, 1.82) is 0 Å². The summed E-state index contributed by atoms with van der Waals surface area (Å²) in [6.45, 7) is 4.17. The van der Waals surface area contributed by atoms with Crippen molar-refractivity contribution in [3.8, 4) is 0 Å². The van der Waals surface area contributed by atoms with Gasteiger partial charge in [-0.15, -0.1) is 0 Å². The Morgan fingerprint density at radius 1 is 1.57 bits per heavy atom. The number of carbonyl (C=O) groups excluding carboxylic acids is 1. The Morgan fingerprint density at radius 2 is 2.29 bits per heavy atom. The molecule has 0 bridgehead atoms. The van der Waals surface area contributed by atoms with Crippen molar-refractivity contribution in [3.63, 3.8) is 0 Å². The quantitative estimate of drug-likeness (QED) is 0.625. The van der Waals surface area contributed by atoms with Crippen LogP contribution in [-0.2, 0) is 4.74 Å². The van der Waals surface area contributed by atoms with E-state index >= 15 is 0 Å². The molecule has 1 amide bonds. The molecule has 3 atom stereocenters. The predicted octanol–water partition coefficient (Wildman–Crippen LogP) is 1.14. The third kappa shape index (κ3) is 3.20. The second-order valence-electron chi connectivity index (χ2n) is 5.15. The zero-order valence-corrected chi connectivity index (χ0v) is 12.0. The largest absolute Gasteiger partial charge is 0.376 e. The summed E-state index contributed by atoms with van der Waals surface area (Å²) in [5.74, 6) is -0.360. The van der Waals surface area contributed by atoms with Crippen LogP contribution in [0.15, 0.2) is 18.2 Å². The summed E-state index contributed by atoms with van der Waals surface area (Å²) in [6, 6.07) is 3.82. The van der Waals surface area contributed by atoms with Crippen LogP contribution in [0, 0.1) is 17.0 Å². The van der Waals surface area contributed by atoms with E-state index in [-0.39, 0.29) is 29.8 Å². The Bertz CT molecular complexity index is 559. The molecule has 1 aromatic rings. The highest BCUT2D eigenvalue weighted by Crippen LogP contribution is 2.24. The summed E-state index contributed by atoms with van der Waals surface area (Å²) in [5.41, 5.74) is 6.75. The number of nitrogens with one attached hydrogen (secondary N) is 1. The molecular weight excluding hydrogens is 274 g/mol. The summed E-state index contributed by atoms with van der Waals surface area (Å²) in [6.07, 6.45) is 0.611. The fraction of sp³-hybridized carbons (Fsp3) is 0.500.